The fourth-order valence-corrected chi connectivity index (χ4v) is 4.87. The first-order valence-electron chi connectivity index (χ1n) is 11.9. The smallest absolute Gasteiger partial charge is 0.232 e. The van der Waals surface area contributed by atoms with Crippen molar-refractivity contribution in [3.05, 3.63) is 36.4 Å². The summed E-state index contributed by atoms with van der Waals surface area (Å²) in [5.74, 6) is 2.58. The van der Waals surface area contributed by atoms with E-state index in [0.717, 1.165) is 44.4 Å². The van der Waals surface area contributed by atoms with Gasteiger partial charge in [-0.05, 0) is 63.4 Å². The molecule has 2 saturated heterocycles. The highest BCUT2D eigenvalue weighted by Gasteiger charge is 2.25. The highest BCUT2D eigenvalue weighted by molar-refractivity contribution is 7.80. The second-order valence-corrected chi connectivity index (χ2v) is 9.54. The predicted molar refractivity (Wildman–Crippen MR) is 136 cm³/mol. The van der Waals surface area contributed by atoms with Crippen LogP contribution in [0.15, 0.2) is 36.4 Å². The van der Waals surface area contributed by atoms with Crippen LogP contribution in [-0.2, 0) is 0 Å². The van der Waals surface area contributed by atoms with E-state index >= 15 is 0 Å². The van der Waals surface area contributed by atoms with Crippen LogP contribution in [0.5, 0.6) is 0 Å². The van der Waals surface area contributed by atoms with Crippen molar-refractivity contribution in [3.8, 4) is 0 Å². The number of hydrogen-bond acceptors (Lipinski definition) is 6. The third-order valence-corrected chi connectivity index (χ3v) is 6.88. The fourth-order valence-electron chi connectivity index (χ4n) is 4.61. The maximum absolute atomic E-state index is 5.51. The van der Waals surface area contributed by atoms with Crippen LogP contribution >= 0.6 is 12.2 Å². The van der Waals surface area contributed by atoms with Crippen molar-refractivity contribution in [3.63, 3.8) is 0 Å². The van der Waals surface area contributed by atoms with E-state index in [2.05, 4.69) is 68.7 Å². The van der Waals surface area contributed by atoms with E-state index in [1.807, 2.05) is 0 Å². The summed E-state index contributed by atoms with van der Waals surface area (Å²) in [7, 11) is 0. The zero-order valence-electron chi connectivity index (χ0n) is 18.8. The number of aromatic nitrogens is 2. The summed E-state index contributed by atoms with van der Waals surface area (Å²) in [6.07, 6.45) is 6.08. The normalized spacial score (nSPS) is 21.4. The molecule has 1 aliphatic carbocycles. The molecule has 2 N–H and O–H groups in total. The average molecular weight is 452 g/mol. The molecule has 0 bridgehead atoms. The average Bonchev–Trinajstić information content (AvgIpc) is 3.64. The molecule has 8 heteroatoms. The van der Waals surface area contributed by atoms with Crippen molar-refractivity contribution >= 4 is 40.6 Å². The molecule has 3 heterocycles. The zero-order valence-corrected chi connectivity index (χ0v) is 19.7. The lowest BCUT2D eigenvalue weighted by Crippen LogP contribution is -2.47. The molecule has 0 spiro atoms. The van der Waals surface area contributed by atoms with Crippen molar-refractivity contribution in [1.29, 1.82) is 0 Å². The van der Waals surface area contributed by atoms with Crippen LogP contribution in [0, 0.1) is 0 Å². The summed E-state index contributed by atoms with van der Waals surface area (Å²) in [5.41, 5.74) is 1.29. The molecule has 0 amide bonds. The first-order valence-corrected chi connectivity index (χ1v) is 12.3. The number of rotatable bonds is 5. The minimum atomic E-state index is 0.491. The van der Waals surface area contributed by atoms with Gasteiger partial charge in [0.1, 0.15) is 11.6 Å². The van der Waals surface area contributed by atoms with E-state index in [4.69, 9.17) is 22.2 Å². The Kier molecular flexibility index (Phi) is 6.30. The second-order valence-electron chi connectivity index (χ2n) is 9.13. The largest absolute Gasteiger partial charge is 0.368 e. The van der Waals surface area contributed by atoms with Crippen LogP contribution in [0.1, 0.15) is 39.0 Å². The van der Waals surface area contributed by atoms with Crippen molar-refractivity contribution in [2.75, 3.05) is 52.7 Å². The van der Waals surface area contributed by atoms with Crippen molar-refractivity contribution < 1.29 is 0 Å². The molecule has 1 aromatic carbocycles. The molecule has 2 aromatic rings. The number of nitrogens with one attached hydrogen (secondary N) is 2. The van der Waals surface area contributed by atoms with Crippen LogP contribution < -0.4 is 25.3 Å². The molecule has 1 aromatic heterocycles. The van der Waals surface area contributed by atoms with E-state index < -0.39 is 0 Å². The van der Waals surface area contributed by atoms with Gasteiger partial charge in [-0.1, -0.05) is 18.2 Å². The fraction of sp³-hybridized carbons (Fsp3) is 0.542. The molecule has 3 aliphatic rings. The van der Waals surface area contributed by atoms with E-state index in [0.29, 0.717) is 23.1 Å². The molecule has 7 nitrogen and oxygen atoms in total. The van der Waals surface area contributed by atoms with Crippen LogP contribution in [0.4, 0.5) is 23.3 Å². The van der Waals surface area contributed by atoms with Crippen LogP contribution in [-0.4, -0.2) is 59.9 Å². The number of thiocarbonyl (C=S) groups is 1. The van der Waals surface area contributed by atoms with E-state index in [1.54, 1.807) is 0 Å². The Morgan fingerprint density at radius 1 is 0.906 bits per heavy atom. The summed E-state index contributed by atoms with van der Waals surface area (Å²) in [4.78, 5) is 17.0. The number of nitrogens with zero attached hydrogens (tertiary/aromatic N) is 5. The first kappa shape index (κ1) is 21.2. The molecule has 5 rings (SSSR count). The van der Waals surface area contributed by atoms with Gasteiger partial charge in [0.05, 0.1) is 0 Å². The second kappa shape index (κ2) is 9.48. The molecule has 1 atom stereocenters. The standard InChI is InChI=1S/C24H33N7S/c1-18-7-5-6-12-31(18)22-17-21(26-23(27-22)28-24(32)25-19-10-11-19)30-15-13-29(14-16-30)20-8-3-2-4-9-20/h2-4,8-9,17-19H,5-7,10-16H2,1H3,(H2,25,26,27,28,32). The predicted octanol–water partition coefficient (Wildman–Crippen LogP) is 3.63. The Morgan fingerprint density at radius 2 is 1.62 bits per heavy atom. The van der Waals surface area contributed by atoms with E-state index in [1.165, 1.54) is 37.8 Å². The molecule has 0 radical (unpaired) electrons. The van der Waals surface area contributed by atoms with Crippen molar-refractivity contribution in [1.82, 2.24) is 15.3 Å². The van der Waals surface area contributed by atoms with E-state index in [-0.39, 0.29) is 0 Å². The summed E-state index contributed by atoms with van der Waals surface area (Å²) in [6.45, 7) is 7.17. The number of piperidine rings is 1. The third-order valence-electron chi connectivity index (χ3n) is 6.66. The van der Waals surface area contributed by atoms with Crippen molar-refractivity contribution in [2.24, 2.45) is 0 Å². The number of hydrogen-bond donors (Lipinski definition) is 2. The minimum Gasteiger partial charge on any atom is -0.368 e. The van der Waals surface area contributed by atoms with Gasteiger partial charge in [-0.3, -0.25) is 0 Å². The molecule has 170 valence electrons. The Bertz CT molecular complexity index is 925. The van der Waals surface area contributed by atoms with Gasteiger partial charge >= 0.3 is 0 Å². The molecule has 3 fully saturated rings. The maximum Gasteiger partial charge on any atom is 0.232 e. The number of para-hydroxylation sites is 1. The number of benzene rings is 1. The van der Waals surface area contributed by atoms with Gasteiger partial charge in [-0.2, -0.15) is 9.97 Å². The molecule has 32 heavy (non-hydrogen) atoms. The highest BCUT2D eigenvalue weighted by atomic mass is 32.1. The van der Waals surface area contributed by atoms with Crippen LogP contribution in [0.3, 0.4) is 0 Å². The summed E-state index contributed by atoms with van der Waals surface area (Å²) in [5, 5.41) is 7.22. The lowest BCUT2D eigenvalue weighted by molar-refractivity contribution is 0.481. The monoisotopic (exact) mass is 451 g/mol. The molecule has 1 saturated carbocycles. The lowest BCUT2D eigenvalue weighted by atomic mass is 10.0. The van der Waals surface area contributed by atoms with Gasteiger partial charge in [-0.25, -0.2) is 0 Å². The molecular weight excluding hydrogens is 418 g/mol. The Balaban J connectivity index is 1.34. The van der Waals surface area contributed by atoms with Gasteiger partial charge < -0.3 is 25.3 Å². The Hall–Kier alpha value is -2.61. The van der Waals surface area contributed by atoms with Gasteiger partial charge in [0, 0.05) is 56.6 Å². The van der Waals surface area contributed by atoms with Crippen LogP contribution in [0.25, 0.3) is 0 Å². The third kappa shape index (κ3) is 5.06. The quantitative estimate of drug-likeness (QED) is 0.669. The van der Waals surface area contributed by atoms with Gasteiger partial charge in [-0.15, -0.1) is 0 Å². The lowest BCUT2D eigenvalue weighted by Gasteiger charge is -2.38. The molecular formula is C24H33N7S. The van der Waals surface area contributed by atoms with E-state index in [9.17, 15) is 0 Å². The summed E-state index contributed by atoms with van der Waals surface area (Å²) >= 11 is 5.51. The van der Waals surface area contributed by atoms with Crippen LogP contribution in [0.2, 0.25) is 0 Å². The van der Waals surface area contributed by atoms with Gasteiger partial charge in [0.25, 0.3) is 0 Å². The van der Waals surface area contributed by atoms with Gasteiger partial charge in [0.2, 0.25) is 5.95 Å². The summed E-state index contributed by atoms with van der Waals surface area (Å²) in [6, 6.07) is 13.8. The topological polar surface area (TPSA) is 59.6 Å². The SMILES string of the molecule is CC1CCCCN1c1cc(N2CCN(c3ccccc3)CC2)nc(NC(=S)NC2CC2)n1. The van der Waals surface area contributed by atoms with Gasteiger partial charge in [0.15, 0.2) is 5.11 Å². The Morgan fingerprint density at radius 3 is 2.34 bits per heavy atom. The highest BCUT2D eigenvalue weighted by Crippen LogP contribution is 2.28. The Labute approximate surface area is 196 Å². The minimum absolute atomic E-state index is 0.491. The van der Waals surface area contributed by atoms with Crippen molar-refractivity contribution in [2.45, 2.75) is 51.1 Å². The molecule has 2 aliphatic heterocycles. The maximum atomic E-state index is 5.51. The number of piperazine rings is 1. The molecule has 1 unspecified atom stereocenters. The summed E-state index contributed by atoms with van der Waals surface area (Å²) < 4.78 is 0. The number of anilines is 4. The first-order chi connectivity index (χ1) is 15.7. The zero-order chi connectivity index (χ0) is 21.9.